The molecule has 1 rings (SSSR count). The van der Waals surface area contributed by atoms with E-state index < -0.39 is 6.49 Å². The Morgan fingerprint density at radius 3 is 2.18 bits per heavy atom. The van der Waals surface area contributed by atoms with Crippen molar-refractivity contribution >= 4 is 24.0 Å². The quantitative estimate of drug-likeness (QED) is 0.609. The summed E-state index contributed by atoms with van der Waals surface area (Å²) in [4.78, 5) is 0. The number of nitrogens with one attached hydrogen (secondary N) is 1. The Kier molecular flexibility index (Phi) is 2.62. The van der Waals surface area contributed by atoms with Gasteiger partial charge in [-0.25, -0.2) is 0 Å². The first-order chi connectivity index (χ1) is 5.08. The van der Waals surface area contributed by atoms with Crippen LogP contribution in [0.1, 0.15) is 0 Å². The number of benzene rings is 1. The fourth-order valence-electron chi connectivity index (χ4n) is 0.714. The molecule has 0 saturated carbocycles. The first kappa shape index (κ1) is 8.68. The summed E-state index contributed by atoms with van der Waals surface area (Å²) in [6.45, 7) is -2.30. The lowest BCUT2D eigenvalue weighted by Gasteiger charge is -2.12. The largest absolute Gasteiger partial charge is 0.335 e. The number of rotatable bonds is 2. The Bertz CT molecular complexity index is 268. The normalized spacial score (nSPS) is 11.1. The molecule has 0 bridgehead atoms. The SMILES string of the molecule is NP(N)(=S)Nc1ccccc1. The summed E-state index contributed by atoms with van der Waals surface area (Å²) in [5.74, 6) is 0. The summed E-state index contributed by atoms with van der Waals surface area (Å²) in [5.41, 5.74) is 11.8. The van der Waals surface area contributed by atoms with Crippen LogP contribution in [0.3, 0.4) is 0 Å². The molecule has 0 aromatic heterocycles. The van der Waals surface area contributed by atoms with Gasteiger partial charge in [-0.05, 0) is 23.9 Å². The third kappa shape index (κ3) is 3.49. The lowest BCUT2D eigenvalue weighted by molar-refractivity contribution is 1.63. The molecule has 0 heterocycles. The zero-order chi connectivity index (χ0) is 8.32. The molecular weight excluding hydrogens is 177 g/mol. The first-order valence-corrected chi connectivity index (χ1v) is 6.02. The molecule has 3 nitrogen and oxygen atoms in total. The summed E-state index contributed by atoms with van der Waals surface area (Å²) in [5, 5.41) is 2.86. The highest BCUT2D eigenvalue weighted by Gasteiger charge is 2.00. The maximum atomic E-state index is 5.46. The van der Waals surface area contributed by atoms with Gasteiger partial charge in [0.15, 0.2) is 6.49 Å². The third-order valence-electron chi connectivity index (χ3n) is 1.08. The summed E-state index contributed by atoms with van der Waals surface area (Å²) in [6, 6.07) is 9.46. The molecule has 0 aliphatic heterocycles. The average Bonchev–Trinajstić information content (AvgIpc) is 1.85. The van der Waals surface area contributed by atoms with Crippen LogP contribution in [0.5, 0.6) is 0 Å². The lowest BCUT2D eigenvalue weighted by atomic mass is 10.3. The van der Waals surface area contributed by atoms with Gasteiger partial charge in [-0.1, -0.05) is 18.2 Å². The van der Waals surface area contributed by atoms with Gasteiger partial charge in [0.25, 0.3) is 0 Å². The van der Waals surface area contributed by atoms with Crippen LogP contribution in [0.15, 0.2) is 30.3 Å². The Balaban J connectivity index is 2.74. The molecule has 5 N–H and O–H groups in total. The van der Waals surface area contributed by atoms with Gasteiger partial charge in [-0.2, -0.15) is 0 Å². The monoisotopic (exact) mass is 187 g/mol. The third-order valence-corrected chi connectivity index (χ3v) is 1.96. The predicted molar refractivity (Wildman–Crippen MR) is 52.7 cm³/mol. The van der Waals surface area contributed by atoms with Gasteiger partial charge in [0.2, 0.25) is 0 Å². The summed E-state index contributed by atoms with van der Waals surface area (Å²) in [6.07, 6.45) is 0. The molecule has 0 amide bonds. The van der Waals surface area contributed by atoms with E-state index in [1.54, 1.807) is 0 Å². The van der Waals surface area contributed by atoms with Gasteiger partial charge in [0.05, 0.1) is 0 Å². The van der Waals surface area contributed by atoms with Crippen molar-refractivity contribution in [2.24, 2.45) is 11.0 Å². The Labute approximate surface area is 70.9 Å². The molecule has 60 valence electrons. The molecule has 0 radical (unpaired) electrons. The second kappa shape index (κ2) is 3.32. The van der Waals surface area contributed by atoms with Crippen LogP contribution in [0.25, 0.3) is 0 Å². The molecule has 5 heteroatoms. The Morgan fingerprint density at radius 1 is 1.18 bits per heavy atom. The predicted octanol–water partition coefficient (Wildman–Crippen LogP) is 1.24. The number of nitrogens with two attached hydrogens (primary N) is 2. The van der Waals surface area contributed by atoms with Crippen LogP contribution in [0.4, 0.5) is 5.69 Å². The van der Waals surface area contributed by atoms with Crippen LogP contribution < -0.4 is 16.1 Å². The molecule has 1 aromatic rings. The molecule has 0 saturated heterocycles. The van der Waals surface area contributed by atoms with Crippen molar-refractivity contribution in [1.29, 1.82) is 0 Å². The Hall–Kier alpha value is -0.410. The lowest BCUT2D eigenvalue weighted by Crippen LogP contribution is -2.12. The van der Waals surface area contributed by atoms with E-state index in [2.05, 4.69) is 5.09 Å². The van der Waals surface area contributed by atoms with Crippen LogP contribution in [0, 0.1) is 0 Å². The van der Waals surface area contributed by atoms with Gasteiger partial charge in [0.1, 0.15) is 0 Å². The van der Waals surface area contributed by atoms with E-state index in [0.717, 1.165) is 5.69 Å². The summed E-state index contributed by atoms with van der Waals surface area (Å²) in [7, 11) is 0. The molecule has 1 aromatic carbocycles. The van der Waals surface area contributed by atoms with E-state index >= 15 is 0 Å². The highest BCUT2D eigenvalue weighted by atomic mass is 32.4. The zero-order valence-electron chi connectivity index (χ0n) is 5.90. The van der Waals surface area contributed by atoms with E-state index in [1.807, 2.05) is 30.3 Å². The number of para-hydroxylation sites is 1. The standard InChI is InChI=1S/C6H10N3PS/c7-10(8,11)9-6-4-2-1-3-5-6/h1-5H,(H5,7,8,9,11). The van der Waals surface area contributed by atoms with E-state index in [-0.39, 0.29) is 0 Å². The highest BCUT2D eigenvalue weighted by molar-refractivity contribution is 8.13. The van der Waals surface area contributed by atoms with Crippen molar-refractivity contribution in [3.63, 3.8) is 0 Å². The van der Waals surface area contributed by atoms with Crippen molar-refractivity contribution in [2.45, 2.75) is 0 Å². The fraction of sp³-hybridized carbons (Fsp3) is 0. The van der Waals surface area contributed by atoms with Crippen molar-refractivity contribution in [2.75, 3.05) is 5.09 Å². The van der Waals surface area contributed by atoms with E-state index in [9.17, 15) is 0 Å². The topological polar surface area (TPSA) is 64.1 Å². The van der Waals surface area contributed by atoms with E-state index in [0.29, 0.717) is 0 Å². The smallest absolute Gasteiger partial charge is 0.156 e. The van der Waals surface area contributed by atoms with Gasteiger partial charge in [-0.15, -0.1) is 0 Å². The van der Waals surface area contributed by atoms with Crippen LogP contribution >= 0.6 is 6.49 Å². The minimum Gasteiger partial charge on any atom is -0.335 e. The number of hydrogen-bond acceptors (Lipinski definition) is 1. The highest BCUT2D eigenvalue weighted by Crippen LogP contribution is 2.26. The summed E-state index contributed by atoms with van der Waals surface area (Å²) >= 11 is 4.82. The first-order valence-electron chi connectivity index (χ1n) is 3.08. The van der Waals surface area contributed by atoms with Crippen LogP contribution in [-0.4, -0.2) is 0 Å². The van der Waals surface area contributed by atoms with Gasteiger partial charge >= 0.3 is 0 Å². The zero-order valence-corrected chi connectivity index (χ0v) is 7.61. The summed E-state index contributed by atoms with van der Waals surface area (Å²) < 4.78 is 0. The minimum atomic E-state index is -2.30. The molecule has 0 spiro atoms. The average molecular weight is 187 g/mol. The maximum Gasteiger partial charge on any atom is 0.156 e. The van der Waals surface area contributed by atoms with Gasteiger partial charge < -0.3 is 5.09 Å². The second-order valence-electron chi connectivity index (χ2n) is 2.19. The molecule has 11 heavy (non-hydrogen) atoms. The van der Waals surface area contributed by atoms with Crippen LogP contribution in [0.2, 0.25) is 0 Å². The van der Waals surface area contributed by atoms with Crippen molar-refractivity contribution in [3.05, 3.63) is 30.3 Å². The molecule has 0 aliphatic rings. The van der Waals surface area contributed by atoms with Gasteiger partial charge in [-0.3, -0.25) is 11.0 Å². The minimum absolute atomic E-state index is 0.876. The number of hydrogen-bond donors (Lipinski definition) is 3. The molecular formula is C6H10N3PS. The molecule has 0 unspecified atom stereocenters. The molecule has 0 aliphatic carbocycles. The van der Waals surface area contributed by atoms with Crippen molar-refractivity contribution in [3.8, 4) is 0 Å². The number of anilines is 1. The fourth-order valence-corrected chi connectivity index (χ4v) is 1.58. The van der Waals surface area contributed by atoms with Crippen molar-refractivity contribution in [1.82, 2.24) is 0 Å². The van der Waals surface area contributed by atoms with E-state index in [4.69, 9.17) is 22.8 Å². The molecule has 0 fully saturated rings. The molecule has 0 atom stereocenters. The van der Waals surface area contributed by atoms with Gasteiger partial charge in [0, 0.05) is 5.69 Å². The Morgan fingerprint density at radius 2 is 1.73 bits per heavy atom. The van der Waals surface area contributed by atoms with Crippen molar-refractivity contribution < 1.29 is 0 Å². The maximum absolute atomic E-state index is 5.46. The van der Waals surface area contributed by atoms with Crippen LogP contribution in [-0.2, 0) is 11.8 Å². The second-order valence-corrected chi connectivity index (χ2v) is 5.64. The van der Waals surface area contributed by atoms with E-state index in [1.165, 1.54) is 0 Å².